The van der Waals surface area contributed by atoms with Crippen molar-refractivity contribution in [1.29, 1.82) is 0 Å². The van der Waals surface area contributed by atoms with Crippen LogP contribution in [-0.2, 0) is 4.79 Å². The molecule has 1 aliphatic rings. The molecule has 1 saturated heterocycles. The summed E-state index contributed by atoms with van der Waals surface area (Å²) in [5.74, 6) is 0.273. The molecule has 0 saturated carbocycles. The predicted octanol–water partition coefficient (Wildman–Crippen LogP) is 3.25. The van der Waals surface area contributed by atoms with Crippen LogP contribution < -0.4 is 4.90 Å². The van der Waals surface area contributed by atoms with Crippen molar-refractivity contribution in [1.82, 2.24) is 9.88 Å². The first-order valence-corrected chi connectivity index (χ1v) is 8.27. The van der Waals surface area contributed by atoms with Crippen molar-refractivity contribution in [2.24, 2.45) is 5.92 Å². The molecule has 112 valence electrons. The molecular weight excluding hydrogens is 306 g/mol. The maximum atomic E-state index is 12.2. The number of rotatable bonds is 2. The number of carbonyl (C=O) groups excluding carboxylic acids is 1. The molecule has 1 aliphatic heterocycles. The van der Waals surface area contributed by atoms with Crippen molar-refractivity contribution in [2.75, 3.05) is 32.1 Å². The number of fused-ring (bicyclic) bond motifs is 1. The monoisotopic (exact) mass is 323 g/mol. The number of anilines is 1. The molecule has 1 aromatic carbocycles. The lowest BCUT2D eigenvalue weighted by atomic mass is 9.97. The summed E-state index contributed by atoms with van der Waals surface area (Å²) >= 11 is 7.84. The Balaban J connectivity index is 1.85. The Hall–Kier alpha value is -1.33. The Morgan fingerprint density at radius 3 is 3.00 bits per heavy atom. The molecule has 0 bridgehead atoms. The lowest BCUT2D eigenvalue weighted by molar-refractivity contribution is -0.133. The van der Waals surface area contributed by atoms with Crippen LogP contribution in [0.3, 0.4) is 0 Å². The van der Waals surface area contributed by atoms with Gasteiger partial charge in [0.2, 0.25) is 5.91 Å². The first-order valence-electron chi connectivity index (χ1n) is 7.07. The number of amides is 1. The van der Waals surface area contributed by atoms with Crippen LogP contribution in [0.25, 0.3) is 10.2 Å². The van der Waals surface area contributed by atoms with Crippen molar-refractivity contribution in [3.8, 4) is 0 Å². The van der Waals surface area contributed by atoms with Gasteiger partial charge in [0.05, 0.1) is 15.6 Å². The van der Waals surface area contributed by atoms with Crippen LogP contribution in [0.5, 0.6) is 0 Å². The van der Waals surface area contributed by atoms with E-state index < -0.39 is 0 Å². The van der Waals surface area contributed by atoms with Crippen LogP contribution in [0, 0.1) is 5.92 Å². The standard InChI is InChI=1S/C15H18ClN3OS/c1-18(2)14(20)10-5-4-8-19(9-10)15-17-13-11(16)6-3-7-12(13)21-15/h3,6-7,10H,4-5,8-9H2,1-2H3. The number of halogens is 1. The van der Waals surface area contributed by atoms with E-state index in [4.69, 9.17) is 11.6 Å². The molecule has 0 radical (unpaired) electrons. The molecule has 6 heteroatoms. The summed E-state index contributed by atoms with van der Waals surface area (Å²) in [6.45, 7) is 1.70. The number of thiazole rings is 1. The predicted molar refractivity (Wildman–Crippen MR) is 88.3 cm³/mol. The van der Waals surface area contributed by atoms with Gasteiger partial charge in [0.1, 0.15) is 5.52 Å². The van der Waals surface area contributed by atoms with E-state index in [0.717, 1.165) is 41.3 Å². The van der Waals surface area contributed by atoms with Gasteiger partial charge in [0, 0.05) is 27.2 Å². The summed E-state index contributed by atoms with van der Waals surface area (Å²) in [6, 6.07) is 5.85. The third kappa shape index (κ3) is 2.85. The number of hydrogen-bond donors (Lipinski definition) is 0. The minimum absolute atomic E-state index is 0.0660. The summed E-state index contributed by atoms with van der Waals surface area (Å²) in [5, 5.41) is 1.65. The third-order valence-corrected chi connectivity index (χ3v) is 5.23. The van der Waals surface area contributed by atoms with Gasteiger partial charge in [0.15, 0.2) is 5.13 Å². The van der Waals surface area contributed by atoms with Gasteiger partial charge < -0.3 is 9.80 Å². The summed E-state index contributed by atoms with van der Waals surface area (Å²) in [5.41, 5.74) is 0.861. The minimum Gasteiger partial charge on any atom is -0.349 e. The molecule has 2 heterocycles. The molecule has 0 N–H and O–H groups in total. The third-order valence-electron chi connectivity index (χ3n) is 3.84. The van der Waals surface area contributed by atoms with Gasteiger partial charge in [-0.05, 0) is 25.0 Å². The number of piperidine rings is 1. The number of hydrogen-bond acceptors (Lipinski definition) is 4. The van der Waals surface area contributed by atoms with Crippen LogP contribution in [0.2, 0.25) is 5.02 Å². The van der Waals surface area contributed by atoms with Crippen molar-refractivity contribution in [3.63, 3.8) is 0 Å². The lowest BCUT2D eigenvalue weighted by Crippen LogP contribution is -2.42. The molecule has 0 aliphatic carbocycles. The quantitative estimate of drug-likeness (QED) is 0.851. The number of aromatic nitrogens is 1. The maximum Gasteiger partial charge on any atom is 0.226 e. The van der Waals surface area contributed by atoms with Crippen molar-refractivity contribution in [2.45, 2.75) is 12.8 Å². The van der Waals surface area contributed by atoms with E-state index in [1.165, 1.54) is 0 Å². The van der Waals surface area contributed by atoms with Crippen LogP contribution in [0.1, 0.15) is 12.8 Å². The Kier molecular flexibility index (Phi) is 4.04. The molecule has 1 atom stereocenters. The van der Waals surface area contributed by atoms with E-state index >= 15 is 0 Å². The fourth-order valence-electron chi connectivity index (χ4n) is 2.76. The van der Waals surface area contributed by atoms with E-state index in [0.29, 0.717) is 5.02 Å². The molecule has 3 rings (SSSR count). The maximum absolute atomic E-state index is 12.2. The number of carbonyl (C=O) groups is 1. The van der Waals surface area contributed by atoms with Gasteiger partial charge >= 0.3 is 0 Å². The number of benzene rings is 1. The van der Waals surface area contributed by atoms with Gasteiger partial charge in [-0.15, -0.1) is 0 Å². The molecule has 1 amide bonds. The SMILES string of the molecule is CN(C)C(=O)C1CCCN(c2nc3c(Cl)cccc3s2)C1. The molecule has 2 aromatic rings. The first-order chi connectivity index (χ1) is 10.1. The smallest absolute Gasteiger partial charge is 0.226 e. The zero-order valence-corrected chi connectivity index (χ0v) is 13.7. The van der Waals surface area contributed by atoms with E-state index in [9.17, 15) is 4.79 Å². The molecule has 1 fully saturated rings. The van der Waals surface area contributed by atoms with Crippen LogP contribution in [0.15, 0.2) is 18.2 Å². The van der Waals surface area contributed by atoms with E-state index in [-0.39, 0.29) is 11.8 Å². The zero-order chi connectivity index (χ0) is 15.0. The van der Waals surface area contributed by atoms with Gasteiger partial charge in [0.25, 0.3) is 0 Å². The van der Waals surface area contributed by atoms with Gasteiger partial charge in [-0.2, -0.15) is 0 Å². The highest BCUT2D eigenvalue weighted by atomic mass is 35.5. The molecule has 1 aromatic heterocycles. The second-order valence-corrected chi connectivity index (χ2v) is 7.02. The summed E-state index contributed by atoms with van der Waals surface area (Å²) < 4.78 is 1.10. The lowest BCUT2D eigenvalue weighted by Gasteiger charge is -2.32. The van der Waals surface area contributed by atoms with Gasteiger partial charge in [-0.25, -0.2) is 4.98 Å². The number of nitrogens with zero attached hydrogens (tertiary/aromatic N) is 3. The van der Waals surface area contributed by atoms with Crippen LogP contribution in [0.4, 0.5) is 5.13 Å². The summed E-state index contributed by atoms with van der Waals surface area (Å²) in [7, 11) is 3.64. The normalized spacial score (nSPS) is 19.0. The second-order valence-electron chi connectivity index (χ2n) is 5.60. The number of para-hydroxylation sites is 1. The van der Waals surface area contributed by atoms with E-state index in [1.54, 1.807) is 16.2 Å². The van der Waals surface area contributed by atoms with Gasteiger partial charge in [-0.3, -0.25) is 4.79 Å². The molecule has 0 spiro atoms. The van der Waals surface area contributed by atoms with Crippen LogP contribution >= 0.6 is 22.9 Å². The molecule has 21 heavy (non-hydrogen) atoms. The highest BCUT2D eigenvalue weighted by Crippen LogP contribution is 2.34. The van der Waals surface area contributed by atoms with E-state index in [2.05, 4.69) is 9.88 Å². The topological polar surface area (TPSA) is 36.4 Å². The van der Waals surface area contributed by atoms with Crippen LogP contribution in [-0.4, -0.2) is 43.0 Å². The Bertz CT molecular complexity index is 670. The molecular formula is C15H18ClN3OS. The Morgan fingerprint density at radius 1 is 1.48 bits per heavy atom. The van der Waals surface area contributed by atoms with E-state index in [1.807, 2.05) is 32.3 Å². The fraction of sp³-hybridized carbons (Fsp3) is 0.467. The largest absolute Gasteiger partial charge is 0.349 e. The average molecular weight is 324 g/mol. The van der Waals surface area contributed by atoms with Crippen molar-refractivity contribution >= 4 is 44.2 Å². The van der Waals surface area contributed by atoms with Crippen molar-refractivity contribution < 1.29 is 4.79 Å². The van der Waals surface area contributed by atoms with Gasteiger partial charge in [-0.1, -0.05) is 29.0 Å². The summed E-state index contributed by atoms with van der Waals surface area (Å²) in [4.78, 5) is 20.7. The molecule has 1 unspecified atom stereocenters. The Labute approximate surface area is 133 Å². The van der Waals surface area contributed by atoms with Crippen molar-refractivity contribution in [3.05, 3.63) is 23.2 Å². The minimum atomic E-state index is 0.0660. The molecule has 4 nitrogen and oxygen atoms in total. The highest BCUT2D eigenvalue weighted by molar-refractivity contribution is 7.22. The highest BCUT2D eigenvalue weighted by Gasteiger charge is 2.28. The first kappa shape index (κ1) is 14.6. The summed E-state index contributed by atoms with van der Waals surface area (Å²) in [6.07, 6.45) is 1.98. The second kappa shape index (κ2) is 5.81. The Morgan fingerprint density at radius 2 is 2.29 bits per heavy atom. The zero-order valence-electron chi connectivity index (χ0n) is 12.2. The fourth-order valence-corrected chi connectivity index (χ4v) is 4.06. The average Bonchev–Trinajstić information content (AvgIpc) is 2.92.